The topological polar surface area (TPSA) is 58.4 Å². The number of hydrogen-bond donors (Lipinski definition) is 0. The third-order valence-electron chi connectivity index (χ3n) is 7.23. The molecule has 2 amide bonds. The predicted octanol–water partition coefficient (Wildman–Crippen LogP) is 3.64. The van der Waals surface area contributed by atoms with E-state index in [4.69, 9.17) is 0 Å². The third-order valence-corrected chi connectivity index (χ3v) is 7.23. The van der Waals surface area contributed by atoms with Crippen molar-refractivity contribution in [3.63, 3.8) is 0 Å². The number of carbonyl (C=O) groups excluding carboxylic acids is 2. The van der Waals surface area contributed by atoms with Crippen LogP contribution in [0, 0.1) is 25.2 Å². The van der Waals surface area contributed by atoms with E-state index in [2.05, 4.69) is 16.0 Å². The van der Waals surface area contributed by atoms with Gasteiger partial charge in [-0.25, -0.2) is 4.98 Å². The molecule has 164 valence electrons. The second-order valence-corrected chi connectivity index (χ2v) is 10.1. The van der Waals surface area contributed by atoms with Crippen LogP contribution in [0.5, 0.6) is 0 Å². The number of aryl methyl sites for hydroxylation is 3. The maximum absolute atomic E-state index is 13.7. The summed E-state index contributed by atoms with van der Waals surface area (Å²) in [4.78, 5) is 36.0. The average molecular weight is 421 g/mol. The van der Waals surface area contributed by atoms with Gasteiger partial charge in [-0.15, -0.1) is 0 Å². The Labute approximate surface area is 184 Å². The first-order valence-electron chi connectivity index (χ1n) is 11.5. The van der Waals surface area contributed by atoms with E-state index in [9.17, 15) is 9.59 Å². The second kappa shape index (κ2) is 7.50. The molecule has 3 aliphatic rings. The Balaban J connectivity index is 1.49. The van der Waals surface area contributed by atoms with Crippen molar-refractivity contribution in [2.75, 3.05) is 19.6 Å². The molecule has 3 fully saturated rings. The number of imidazole rings is 1. The minimum Gasteiger partial charge on any atom is -0.342 e. The highest BCUT2D eigenvalue weighted by molar-refractivity contribution is 5.96. The zero-order valence-corrected chi connectivity index (χ0v) is 18.8. The molecule has 5 rings (SSSR count). The Morgan fingerprint density at radius 2 is 1.94 bits per heavy atom. The number of aromatic nitrogens is 2. The van der Waals surface area contributed by atoms with Crippen LogP contribution in [0.25, 0.3) is 0 Å². The SMILES string of the molecule is Cc1cc(C)cc(C(=O)N2CC3(CCCN(CC4CC4)C3=O)CC2c2cn(C)cn2)c1. The molecule has 2 saturated heterocycles. The lowest BCUT2D eigenvalue weighted by Gasteiger charge is -2.39. The van der Waals surface area contributed by atoms with E-state index in [0.29, 0.717) is 24.4 Å². The second-order valence-electron chi connectivity index (χ2n) is 10.1. The van der Waals surface area contributed by atoms with Gasteiger partial charge >= 0.3 is 0 Å². The quantitative estimate of drug-likeness (QED) is 0.759. The number of likely N-dealkylation sites (tertiary alicyclic amines) is 2. The molecule has 1 spiro atoms. The van der Waals surface area contributed by atoms with Crippen molar-refractivity contribution in [2.24, 2.45) is 18.4 Å². The summed E-state index contributed by atoms with van der Waals surface area (Å²) in [5.41, 5.74) is 3.26. The number of rotatable bonds is 4. The molecule has 1 aromatic heterocycles. The lowest BCUT2D eigenvalue weighted by atomic mass is 9.76. The van der Waals surface area contributed by atoms with E-state index in [1.54, 1.807) is 6.33 Å². The fraction of sp³-hybridized carbons (Fsp3) is 0.560. The molecule has 1 aromatic carbocycles. The third kappa shape index (κ3) is 3.77. The number of piperidine rings is 1. The molecule has 2 atom stereocenters. The van der Waals surface area contributed by atoms with Crippen LogP contribution < -0.4 is 0 Å². The van der Waals surface area contributed by atoms with Crippen LogP contribution in [0.2, 0.25) is 0 Å². The Morgan fingerprint density at radius 1 is 1.19 bits per heavy atom. The molecule has 0 radical (unpaired) electrons. The Morgan fingerprint density at radius 3 is 2.58 bits per heavy atom. The Kier molecular flexibility index (Phi) is 4.91. The fourth-order valence-corrected chi connectivity index (χ4v) is 5.60. The largest absolute Gasteiger partial charge is 0.342 e. The molecular weight excluding hydrogens is 388 g/mol. The molecule has 2 unspecified atom stereocenters. The molecule has 1 saturated carbocycles. The van der Waals surface area contributed by atoms with Crippen molar-refractivity contribution in [3.05, 3.63) is 53.1 Å². The molecule has 0 bridgehead atoms. The molecule has 6 heteroatoms. The Bertz CT molecular complexity index is 1000. The van der Waals surface area contributed by atoms with Crippen molar-refractivity contribution in [2.45, 2.75) is 52.0 Å². The van der Waals surface area contributed by atoms with Gasteiger partial charge < -0.3 is 14.4 Å². The first kappa shape index (κ1) is 20.3. The molecule has 3 heterocycles. The summed E-state index contributed by atoms with van der Waals surface area (Å²) in [7, 11) is 1.94. The van der Waals surface area contributed by atoms with Crippen LogP contribution in [-0.2, 0) is 11.8 Å². The van der Waals surface area contributed by atoms with Gasteiger partial charge in [-0.3, -0.25) is 9.59 Å². The van der Waals surface area contributed by atoms with Gasteiger partial charge in [0.15, 0.2) is 0 Å². The summed E-state index contributed by atoms with van der Waals surface area (Å²) in [5.74, 6) is 0.939. The standard InChI is InChI=1S/C25H32N4O2/c1-17-9-18(2)11-20(10-17)23(30)29-15-25(12-22(29)21-14-27(3)16-26-21)7-4-8-28(24(25)31)13-19-5-6-19/h9-11,14,16,19,22H,4-8,12-13,15H2,1-3H3. The van der Waals surface area contributed by atoms with Gasteiger partial charge in [-0.1, -0.05) is 17.2 Å². The maximum Gasteiger partial charge on any atom is 0.254 e. The zero-order valence-electron chi connectivity index (χ0n) is 18.8. The smallest absolute Gasteiger partial charge is 0.254 e. The average Bonchev–Trinajstić information content (AvgIpc) is 3.30. The number of amides is 2. The maximum atomic E-state index is 13.7. The van der Waals surface area contributed by atoms with E-state index in [0.717, 1.165) is 42.8 Å². The van der Waals surface area contributed by atoms with E-state index >= 15 is 0 Å². The predicted molar refractivity (Wildman–Crippen MR) is 118 cm³/mol. The van der Waals surface area contributed by atoms with Crippen molar-refractivity contribution in [3.8, 4) is 0 Å². The number of hydrogen-bond acceptors (Lipinski definition) is 3. The highest BCUT2D eigenvalue weighted by Gasteiger charge is 2.54. The van der Waals surface area contributed by atoms with Gasteiger partial charge in [0.2, 0.25) is 5.91 Å². The minimum atomic E-state index is -0.482. The normalized spacial score (nSPS) is 26.2. The summed E-state index contributed by atoms with van der Waals surface area (Å²) in [6.07, 6.45) is 8.78. The summed E-state index contributed by atoms with van der Waals surface area (Å²) < 4.78 is 1.92. The van der Waals surface area contributed by atoms with Crippen LogP contribution in [-0.4, -0.2) is 50.8 Å². The Hall–Kier alpha value is -2.63. The number of carbonyl (C=O) groups is 2. The van der Waals surface area contributed by atoms with Gasteiger partial charge in [0.25, 0.3) is 5.91 Å². The van der Waals surface area contributed by atoms with E-state index in [1.165, 1.54) is 12.8 Å². The van der Waals surface area contributed by atoms with E-state index < -0.39 is 5.41 Å². The van der Waals surface area contributed by atoms with Crippen molar-refractivity contribution in [1.82, 2.24) is 19.4 Å². The summed E-state index contributed by atoms with van der Waals surface area (Å²) in [5, 5.41) is 0. The first-order chi connectivity index (χ1) is 14.8. The van der Waals surface area contributed by atoms with Crippen molar-refractivity contribution < 1.29 is 9.59 Å². The van der Waals surface area contributed by atoms with Gasteiger partial charge in [-0.05, 0) is 64.0 Å². The highest BCUT2D eigenvalue weighted by atomic mass is 16.2. The van der Waals surface area contributed by atoms with Crippen LogP contribution in [0.1, 0.15) is 65.3 Å². The van der Waals surface area contributed by atoms with Crippen LogP contribution in [0.3, 0.4) is 0 Å². The minimum absolute atomic E-state index is 0.00597. The highest BCUT2D eigenvalue weighted by Crippen LogP contribution is 2.49. The molecule has 2 aromatic rings. The van der Waals surface area contributed by atoms with Gasteiger partial charge in [-0.2, -0.15) is 0 Å². The lowest BCUT2D eigenvalue weighted by molar-refractivity contribution is -0.145. The van der Waals surface area contributed by atoms with Gasteiger partial charge in [0.1, 0.15) is 0 Å². The fourth-order valence-electron chi connectivity index (χ4n) is 5.60. The molecule has 0 N–H and O–H groups in total. The number of nitrogens with zero attached hydrogens (tertiary/aromatic N) is 4. The van der Waals surface area contributed by atoms with E-state index in [1.807, 2.05) is 48.7 Å². The number of benzene rings is 1. The molecule has 31 heavy (non-hydrogen) atoms. The van der Waals surface area contributed by atoms with Crippen LogP contribution in [0.4, 0.5) is 0 Å². The summed E-state index contributed by atoms with van der Waals surface area (Å²) >= 11 is 0. The molecule has 2 aliphatic heterocycles. The lowest BCUT2D eigenvalue weighted by Crippen LogP contribution is -2.50. The van der Waals surface area contributed by atoms with E-state index in [-0.39, 0.29) is 17.9 Å². The first-order valence-corrected chi connectivity index (χ1v) is 11.5. The van der Waals surface area contributed by atoms with Gasteiger partial charge in [0.05, 0.1) is 23.5 Å². The summed E-state index contributed by atoms with van der Waals surface area (Å²) in [6, 6.07) is 5.83. The van der Waals surface area contributed by atoms with Crippen molar-refractivity contribution >= 4 is 11.8 Å². The summed E-state index contributed by atoms with van der Waals surface area (Å²) in [6.45, 7) is 6.27. The van der Waals surface area contributed by atoms with Crippen LogP contribution in [0.15, 0.2) is 30.7 Å². The van der Waals surface area contributed by atoms with Gasteiger partial charge in [0, 0.05) is 38.4 Å². The zero-order chi connectivity index (χ0) is 21.8. The monoisotopic (exact) mass is 420 g/mol. The van der Waals surface area contributed by atoms with Crippen molar-refractivity contribution in [1.29, 1.82) is 0 Å². The molecule has 6 nitrogen and oxygen atoms in total. The molecule has 1 aliphatic carbocycles. The van der Waals surface area contributed by atoms with Crippen LogP contribution >= 0.6 is 0 Å². The molecular formula is C25H32N4O2.